The Morgan fingerprint density at radius 2 is 2.00 bits per heavy atom. The van der Waals surface area contributed by atoms with Crippen LogP contribution in [0.2, 0.25) is 0 Å². The van der Waals surface area contributed by atoms with Gasteiger partial charge < -0.3 is 15.4 Å². The summed E-state index contributed by atoms with van der Waals surface area (Å²) < 4.78 is 5.49. The maximum atomic E-state index is 13.1. The van der Waals surface area contributed by atoms with Crippen LogP contribution in [0.5, 0.6) is 5.75 Å². The van der Waals surface area contributed by atoms with Crippen LogP contribution >= 0.6 is 0 Å². The van der Waals surface area contributed by atoms with Gasteiger partial charge in [-0.05, 0) is 24.8 Å². The van der Waals surface area contributed by atoms with Gasteiger partial charge >= 0.3 is 0 Å². The van der Waals surface area contributed by atoms with E-state index in [1.54, 1.807) is 7.11 Å². The molecule has 2 atom stereocenters. The number of carbonyl (C=O) groups is 1. The Morgan fingerprint density at radius 3 is 2.75 bits per heavy atom. The Morgan fingerprint density at radius 1 is 1.25 bits per heavy atom. The van der Waals surface area contributed by atoms with E-state index in [1.807, 2.05) is 29.2 Å². The molecule has 0 bridgehead atoms. The molecule has 6 heteroatoms. The summed E-state index contributed by atoms with van der Waals surface area (Å²) in [5.41, 5.74) is 7.09. The number of aromatic nitrogens is 2. The van der Waals surface area contributed by atoms with Crippen LogP contribution < -0.4 is 10.5 Å². The molecular weight excluding hydrogens is 304 g/mol. The summed E-state index contributed by atoms with van der Waals surface area (Å²) in [5, 5.41) is 0. The first-order valence-electron chi connectivity index (χ1n) is 8.12. The molecule has 0 aliphatic carbocycles. The van der Waals surface area contributed by atoms with E-state index in [9.17, 15) is 4.79 Å². The zero-order chi connectivity index (χ0) is 17.1. The number of nitrogens with two attached hydrogens (primary N) is 1. The molecule has 1 aromatic heterocycles. The summed E-state index contributed by atoms with van der Waals surface area (Å²) in [6, 6.07) is 7.79. The fraction of sp³-hybridized carbons (Fsp3) is 0.389. The van der Waals surface area contributed by atoms with Crippen LogP contribution in [0.15, 0.2) is 36.7 Å². The van der Waals surface area contributed by atoms with Gasteiger partial charge in [-0.15, -0.1) is 0 Å². The molecule has 2 heterocycles. The van der Waals surface area contributed by atoms with Gasteiger partial charge in [-0.1, -0.05) is 25.1 Å². The first-order chi connectivity index (χ1) is 11.6. The monoisotopic (exact) mass is 326 g/mol. The summed E-state index contributed by atoms with van der Waals surface area (Å²) in [5.74, 6) is 1.21. The number of benzene rings is 1. The number of nitrogen functional groups attached to an aromatic ring is 1. The molecule has 1 saturated heterocycles. The van der Waals surface area contributed by atoms with Crippen LogP contribution in [0.1, 0.15) is 41.9 Å². The van der Waals surface area contributed by atoms with Gasteiger partial charge in [0.15, 0.2) is 11.5 Å². The lowest BCUT2D eigenvalue weighted by Crippen LogP contribution is -2.42. The first kappa shape index (κ1) is 16.2. The lowest BCUT2D eigenvalue weighted by molar-refractivity contribution is 0.0535. The molecule has 0 spiro atoms. The number of amides is 1. The highest BCUT2D eigenvalue weighted by atomic mass is 16.5. The molecule has 2 N–H and O–H groups in total. The van der Waals surface area contributed by atoms with Gasteiger partial charge in [-0.3, -0.25) is 4.79 Å². The first-order valence-corrected chi connectivity index (χ1v) is 8.12. The van der Waals surface area contributed by atoms with E-state index in [4.69, 9.17) is 10.5 Å². The van der Waals surface area contributed by atoms with Crippen LogP contribution in [-0.2, 0) is 0 Å². The smallest absolute Gasteiger partial charge is 0.276 e. The van der Waals surface area contributed by atoms with Gasteiger partial charge in [0, 0.05) is 24.5 Å². The Hall–Kier alpha value is -2.63. The molecule has 126 valence electrons. The van der Waals surface area contributed by atoms with Crippen molar-refractivity contribution in [3.05, 3.63) is 47.9 Å². The minimum absolute atomic E-state index is 0.0498. The minimum atomic E-state index is -0.178. The standard InChI is InChI=1S/C18H22N4O2/c1-12-7-8-14(13-5-3-4-6-15(13)24-2)22(11-12)18(23)16-17(19)21-10-9-20-16/h3-6,9-10,12,14H,7-8,11H2,1-2H3,(H2,19,21). The topological polar surface area (TPSA) is 81.3 Å². The lowest BCUT2D eigenvalue weighted by atomic mass is 9.89. The predicted molar refractivity (Wildman–Crippen MR) is 91.6 cm³/mol. The quantitative estimate of drug-likeness (QED) is 0.938. The lowest BCUT2D eigenvalue weighted by Gasteiger charge is -2.39. The van der Waals surface area contributed by atoms with E-state index in [2.05, 4.69) is 16.9 Å². The highest BCUT2D eigenvalue weighted by molar-refractivity contribution is 5.96. The van der Waals surface area contributed by atoms with Gasteiger partial charge in [-0.2, -0.15) is 0 Å². The third kappa shape index (κ3) is 3.04. The normalized spacial score (nSPS) is 20.7. The van der Waals surface area contributed by atoms with Gasteiger partial charge in [0.05, 0.1) is 13.2 Å². The number of anilines is 1. The number of methoxy groups -OCH3 is 1. The Bertz CT molecular complexity index is 734. The molecule has 1 aliphatic heterocycles. The van der Waals surface area contributed by atoms with Crippen LogP contribution in [0.4, 0.5) is 5.82 Å². The zero-order valence-corrected chi connectivity index (χ0v) is 14.0. The number of rotatable bonds is 3. The van der Waals surface area contributed by atoms with E-state index in [0.717, 1.165) is 24.2 Å². The van der Waals surface area contributed by atoms with Crippen molar-refractivity contribution in [2.24, 2.45) is 5.92 Å². The molecule has 2 unspecified atom stereocenters. The largest absolute Gasteiger partial charge is 0.496 e. The van der Waals surface area contributed by atoms with E-state index >= 15 is 0 Å². The third-order valence-corrected chi connectivity index (χ3v) is 4.51. The maximum absolute atomic E-state index is 13.1. The van der Waals surface area contributed by atoms with Crippen LogP contribution in [-0.4, -0.2) is 34.4 Å². The second kappa shape index (κ2) is 6.86. The molecule has 1 amide bonds. The number of piperidine rings is 1. The summed E-state index contributed by atoms with van der Waals surface area (Å²) in [6.45, 7) is 2.82. The molecule has 2 aromatic rings. The zero-order valence-electron chi connectivity index (χ0n) is 14.0. The van der Waals surface area contributed by atoms with E-state index in [0.29, 0.717) is 12.5 Å². The number of carbonyl (C=O) groups excluding carboxylic acids is 1. The summed E-state index contributed by atoms with van der Waals surface area (Å²) in [4.78, 5) is 23.0. The number of likely N-dealkylation sites (tertiary alicyclic amines) is 1. The van der Waals surface area contributed by atoms with Gasteiger partial charge in [-0.25, -0.2) is 9.97 Å². The number of ether oxygens (including phenoxy) is 1. The fourth-order valence-corrected chi connectivity index (χ4v) is 3.29. The average Bonchev–Trinajstić information content (AvgIpc) is 2.61. The Kier molecular flexibility index (Phi) is 4.64. The van der Waals surface area contributed by atoms with Crippen molar-refractivity contribution in [2.75, 3.05) is 19.4 Å². The van der Waals surface area contributed by atoms with E-state index in [1.165, 1.54) is 12.4 Å². The second-order valence-corrected chi connectivity index (χ2v) is 6.19. The van der Waals surface area contributed by atoms with Gasteiger partial charge in [0.2, 0.25) is 0 Å². The molecular formula is C18H22N4O2. The van der Waals surface area contributed by atoms with Crippen molar-refractivity contribution in [1.29, 1.82) is 0 Å². The molecule has 1 aliphatic rings. The highest BCUT2D eigenvalue weighted by Gasteiger charge is 2.34. The maximum Gasteiger partial charge on any atom is 0.276 e. The molecule has 3 rings (SSSR count). The summed E-state index contributed by atoms with van der Waals surface area (Å²) >= 11 is 0. The third-order valence-electron chi connectivity index (χ3n) is 4.51. The number of hydrogen-bond donors (Lipinski definition) is 1. The summed E-state index contributed by atoms with van der Waals surface area (Å²) in [6.07, 6.45) is 4.92. The van der Waals surface area contributed by atoms with Crippen molar-refractivity contribution >= 4 is 11.7 Å². The molecule has 1 fully saturated rings. The highest BCUT2D eigenvalue weighted by Crippen LogP contribution is 2.38. The Balaban J connectivity index is 1.99. The molecule has 6 nitrogen and oxygen atoms in total. The molecule has 1 aromatic carbocycles. The summed E-state index contributed by atoms with van der Waals surface area (Å²) in [7, 11) is 1.65. The average molecular weight is 326 g/mol. The van der Waals surface area contributed by atoms with Crippen molar-refractivity contribution in [1.82, 2.24) is 14.9 Å². The van der Waals surface area contributed by atoms with Gasteiger partial charge in [0.1, 0.15) is 5.75 Å². The predicted octanol–water partition coefficient (Wildman–Crippen LogP) is 2.68. The number of nitrogens with zero attached hydrogens (tertiary/aromatic N) is 3. The Labute approximate surface area is 141 Å². The SMILES string of the molecule is COc1ccccc1C1CCC(C)CN1C(=O)c1nccnc1N. The second-order valence-electron chi connectivity index (χ2n) is 6.19. The van der Waals surface area contributed by atoms with Crippen LogP contribution in [0.25, 0.3) is 0 Å². The van der Waals surface area contributed by atoms with Crippen molar-refractivity contribution < 1.29 is 9.53 Å². The fourth-order valence-electron chi connectivity index (χ4n) is 3.29. The van der Waals surface area contributed by atoms with Crippen LogP contribution in [0.3, 0.4) is 0 Å². The van der Waals surface area contributed by atoms with Crippen molar-refractivity contribution in [3.63, 3.8) is 0 Å². The molecule has 0 radical (unpaired) electrons. The van der Waals surface area contributed by atoms with E-state index < -0.39 is 0 Å². The minimum Gasteiger partial charge on any atom is -0.496 e. The molecule has 0 saturated carbocycles. The van der Waals surface area contributed by atoms with Crippen LogP contribution in [0, 0.1) is 5.92 Å². The van der Waals surface area contributed by atoms with Gasteiger partial charge in [0.25, 0.3) is 5.91 Å². The van der Waals surface area contributed by atoms with Crippen molar-refractivity contribution in [3.8, 4) is 5.75 Å². The van der Waals surface area contributed by atoms with Crippen molar-refractivity contribution in [2.45, 2.75) is 25.8 Å². The van der Waals surface area contributed by atoms with E-state index in [-0.39, 0.29) is 23.5 Å². The molecule has 24 heavy (non-hydrogen) atoms. The number of para-hydroxylation sites is 1. The number of hydrogen-bond acceptors (Lipinski definition) is 5.